The van der Waals surface area contributed by atoms with Gasteiger partial charge in [-0.2, -0.15) is 0 Å². The number of allylic oxidation sites excluding steroid dienone is 1. The minimum absolute atomic E-state index is 0.0500. The van der Waals surface area contributed by atoms with Gasteiger partial charge in [0, 0.05) is 23.7 Å². The zero-order chi connectivity index (χ0) is 16.8. The van der Waals surface area contributed by atoms with Crippen LogP contribution in [-0.2, 0) is 9.59 Å². The summed E-state index contributed by atoms with van der Waals surface area (Å²) >= 11 is 1.61. The highest BCUT2D eigenvalue weighted by molar-refractivity contribution is 7.99. The van der Waals surface area contributed by atoms with Gasteiger partial charge in [-0.25, -0.2) is 0 Å². The molecule has 1 saturated heterocycles. The Morgan fingerprint density at radius 1 is 1.57 bits per heavy atom. The van der Waals surface area contributed by atoms with Crippen LogP contribution in [0.2, 0.25) is 0 Å². The summed E-state index contributed by atoms with van der Waals surface area (Å²) < 4.78 is 0. The van der Waals surface area contributed by atoms with Crippen LogP contribution in [0.15, 0.2) is 36.2 Å². The standard InChI is InChI=1S/C17H23N3O2S/c1-4-6-12(2)17(22)20-11-23-10-15(20)16(21)19-13(3)14-7-5-8-18-9-14/h5-9,13,15H,4,10-11H2,1-3H3,(H,19,21)/b12-6+/t13-,15+/m0/s1. The second-order valence-electron chi connectivity index (χ2n) is 5.60. The molecule has 124 valence electrons. The number of carbonyl (C=O) groups is 2. The van der Waals surface area contributed by atoms with Crippen LogP contribution in [-0.4, -0.2) is 39.4 Å². The SMILES string of the molecule is CC/C=C(\C)C(=O)N1CSC[C@@H]1C(=O)N[C@@H](C)c1cccnc1. The van der Waals surface area contributed by atoms with Crippen molar-refractivity contribution in [1.29, 1.82) is 0 Å². The number of thioether (sulfide) groups is 1. The van der Waals surface area contributed by atoms with Gasteiger partial charge in [0.25, 0.3) is 5.91 Å². The van der Waals surface area contributed by atoms with Crippen LogP contribution >= 0.6 is 11.8 Å². The number of amides is 2. The third-order valence-electron chi connectivity index (χ3n) is 3.84. The molecule has 2 heterocycles. The molecule has 0 saturated carbocycles. The Kier molecular flexibility index (Phi) is 6.21. The van der Waals surface area contributed by atoms with Crippen molar-refractivity contribution >= 4 is 23.6 Å². The van der Waals surface area contributed by atoms with E-state index in [2.05, 4.69) is 10.3 Å². The second-order valence-corrected chi connectivity index (χ2v) is 6.60. The molecule has 23 heavy (non-hydrogen) atoms. The average molecular weight is 333 g/mol. The number of nitrogens with zero attached hydrogens (tertiary/aromatic N) is 2. The number of hydrogen-bond donors (Lipinski definition) is 1. The highest BCUT2D eigenvalue weighted by atomic mass is 32.2. The monoisotopic (exact) mass is 333 g/mol. The molecule has 1 N–H and O–H groups in total. The zero-order valence-electron chi connectivity index (χ0n) is 13.8. The molecule has 0 aromatic carbocycles. The Hall–Kier alpha value is -1.82. The second kappa shape index (κ2) is 8.15. The van der Waals surface area contributed by atoms with Gasteiger partial charge in [0.1, 0.15) is 6.04 Å². The molecule has 6 heteroatoms. The van der Waals surface area contributed by atoms with Crippen molar-refractivity contribution in [2.24, 2.45) is 0 Å². The Balaban J connectivity index is 2.03. The van der Waals surface area contributed by atoms with Gasteiger partial charge < -0.3 is 10.2 Å². The van der Waals surface area contributed by atoms with Crippen molar-refractivity contribution in [3.63, 3.8) is 0 Å². The highest BCUT2D eigenvalue weighted by Gasteiger charge is 2.35. The third-order valence-corrected chi connectivity index (χ3v) is 4.85. The maximum atomic E-state index is 12.6. The first kappa shape index (κ1) is 17.5. The number of nitrogens with one attached hydrogen (secondary N) is 1. The van der Waals surface area contributed by atoms with Crippen LogP contribution < -0.4 is 5.32 Å². The van der Waals surface area contributed by atoms with Gasteiger partial charge in [0.2, 0.25) is 5.91 Å². The van der Waals surface area contributed by atoms with Crippen LogP contribution in [0.25, 0.3) is 0 Å². The molecular formula is C17H23N3O2S. The van der Waals surface area contributed by atoms with E-state index in [0.29, 0.717) is 17.2 Å². The zero-order valence-corrected chi connectivity index (χ0v) is 14.6. The van der Waals surface area contributed by atoms with Crippen molar-refractivity contribution in [3.05, 3.63) is 41.7 Å². The van der Waals surface area contributed by atoms with Gasteiger partial charge in [0.15, 0.2) is 0 Å². The molecule has 0 spiro atoms. The first-order valence-corrected chi connectivity index (χ1v) is 8.95. The van der Waals surface area contributed by atoms with E-state index in [1.807, 2.05) is 39.0 Å². The van der Waals surface area contributed by atoms with Crippen molar-refractivity contribution in [2.45, 2.75) is 39.3 Å². The summed E-state index contributed by atoms with van der Waals surface area (Å²) in [6.07, 6.45) is 6.16. The number of carbonyl (C=O) groups excluding carboxylic acids is 2. The topological polar surface area (TPSA) is 62.3 Å². The van der Waals surface area contributed by atoms with E-state index in [-0.39, 0.29) is 17.9 Å². The predicted octanol–water partition coefficient (Wildman–Crippen LogP) is 2.52. The maximum absolute atomic E-state index is 12.6. The molecule has 1 aromatic rings. The first-order valence-electron chi connectivity index (χ1n) is 7.80. The quantitative estimate of drug-likeness (QED) is 0.841. The molecule has 0 aliphatic carbocycles. The van der Waals surface area contributed by atoms with Crippen LogP contribution in [0.4, 0.5) is 0 Å². The summed E-state index contributed by atoms with van der Waals surface area (Å²) in [5, 5.41) is 2.99. The predicted molar refractivity (Wildman–Crippen MR) is 92.8 cm³/mol. The molecule has 1 aliphatic heterocycles. The van der Waals surface area contributed by atoms with E-state index < -0.39 is 6.04 Å². The van der Waals surface area contributed by atoms with Crippen molar-refractivity contribution in [3.8, 4) is 0 Å². The first-order chi connectivity index (χ1) is 11.0. The molecular weight excluding hydrogens is 310 g/mol. The molecule has 1 aliphatic rings. The fourth-order valence-corrected chi connectivity index (χ4v) is 3.66. The largest absolute Gasteiger partial charge is 0.348 e. The molecule has 1 aromatic heterocycles. The van der Waals surface area contributed by atoms with E-state index in [4.69, 9.17) is 0 Å². The summed E-state index contributed by atoms with van der Waals surface area (Å²) in [4.78, 5) is 30.8. The summed E-state index contributed by atoms with van der Waals surface area (Å²) in [6, 6.07) is 3.23. The van der Waals surface area contributed by atoms with Gasteiger partial charge >= 0.3 is 0 Å². The fourth-order valence-electron chi connectivity index (χ4n) is 2.51. The number of pyridine rings is 1. The molecule has 0 bridgehead atoms. The van der Waals surface area contributed by atoms with Crippen LogP contribution in [0.3, 0.4) is 0 Å². The molecule has 0 radical (unpaired) electrons. The Labute approximate surface area is 141 Å². The fraction of sp³-hybridized carbons (Fsp3) is 0.471. The third kappa shape index (κ3) is 4.34. The van der Waals surface area contributed by atoms with E-state index in [1.165, 1.54) is 0 Å². The Bertz CT molecular complexity index is 589. The summed E-state index contributed by atoms with van der Waals surface area (Å²) in [6.45, 7) is 5.72. The molecule has 2 amide bonds. The Morgan fingerprint density at radius 2 is 2.35 bits per heavy atom. The Morgan fingerprint density at radius 3 is 3.00 bits per heavy atom. The summed E-state index contributed by atoms with van der Waals surface area (Å²) in [5.74, 6) is 1.04. The van der Waals surface area contributed by atoms with Crippen LogP contribution in [0.5, 0.6) is 0 Å². The lowest BCUT2D eigenvalue weighted by atomic mass is 10.1. The minimum atomic E-state index is -0.410. The van der Waals surface area contributed by atoms with E-state index in [9.17, 15) is 9.59 Å². The normalized spacial score (nSPS) is 19.5. The van der Waals surface area contributed by atoms with Crippen molar-refractivity contribution < 1.29 is 9.59 Å². The molecule has 2 atom stereocenters. The summed E-state index contributed by atoms with van der Waals surface area (Å²) in [5.41, 5.74) is 1.65. The number of rotatable bonds is 5. The lowest BCUT2D eigenvalue weighted by Crippen LogP contribution is -2.48. The lowest BCUT2D eigenvalue weighted by molar-refractivity contribution is -0.135. The number of hydrogen-bond acceptors (Lipinski definition) is 4. The van der Waals surface area contributed by atoms with Crippen molar-refractivity contribution in [1.82, 2.24) is 15.2 Å². The molecule has 1 fully saturated rings. The van der Waals surface area contributed by atoms with E-state index in [1.54, 1.807) is 29.1 Å². The van der Waals surface area contributed by atoms with E-state index in [0.717, 1.165) is 12.0 Å². The van der Waals surface area contributed by atoms with E-state index >= 15 is 0 Å². The van der Waals surface area contributed by atoms with Gasteiger partial charge in [-0.3, -0.25) is 14.6 Å². The highest BCUT2D eigenvalue weighted by Crippen LogP contribution is 2.24. The molecule has 0 unspecified atom stereocenters. The average Bonchev–Trinajstić information content (AvgIpc) is 3.04. The minimum Gasteiger partial charge on any atom is -0.348 e. The number of aromatic nitrogens is 1. The van der Waals surface area contributed by atoms with Crippen LogP contribution in [0, 0.1) is 0 Å². The van der Waals surface area contributed by atoms with Gasteiger partial charge in [-0.05, 0) is 31.9 Å². The summed E-state index contributed by atoms with van der Waals surface area (Å²) in [7, 11) is 0. The van der Waals surface area contributed by atoms with Gasteiger partial charge in [-0.15, -0.1) is 11.8 Å². The maximum Gasteiger partial charge on any atom is 0.250 e. The van der Waals surface area contributed by atoms with Crippen molar-refractivity contribution in [2.75, 3.05) is 11.6 Å². The van der Waals surface area contributed by atoms with Crippen LogP contribution in [0.1, 0.15) is 38.8 Å². The molecule has 2 rings (SSSR count). The lowest BCUT2D eigenvalue weighted by Gasteiger charge is -2.25. The van der Waals surface area contributed by atoms with Gasteiger partial charge in [0.05, 0.1) is 11.9 Å². The smallest absolute Gasteiger partial charge is 0.250 e. The molecule has 5 nitrogen and oxygen atoms in total. The van der Waals surface area contributed by atoms with Gasteiger partial charge in [-0.1, -0.05) is 19.1 Å².